The average Bonchev–Trinajstić information content (AvgIpc) is 1.66. The van der Waals surface area contributed by atoms with Crippen LogP contribution < -0.4 is 5.73 Å². The highest BCUT2D eigenvalue weighted by Crippen LogP contribution is 1.87. The van der Waals surface area contributed by atoms with Crippen molar-refractivity contribution in [3.63, 3.8) is 0 Å². The number of ether oxygens (including phenoxy) is 1. The normalized spacial score (nSPS) is 8.00. The van der Waals surface area contributed by atoms with Crippen molar-refractivity contribution in [2.24, 2.45) is 5.73 Å². The fourth-order valence-corrected chi connectivity index (χ4v) is 0.198. The summed E-state index contributed by atoms with van der Waals surface area (Å²) in [6.45, 7) is 4.68. The summed E-state index contributed by atoms with van der Waals surface area (Å²) in [5, 5.41) is 0. The van der Waals surface area contributed by atoms with Crippen molar-refractivity contribution in [2.45, 2.75) is 6.42 Å². The van der Waals surface area contributed by atoms with Gasteiger partial charge >= 0.3 is 6.09 Å². The van der Waals surface area contributed by atoms with Gasteiger partial charge in [-0.1, -0.05) is 6.08 Å². The second-order valence-electron chi connectivity index (χ2n) is 1.13. The lowest BCUT2D eigenvalue weighted by molar-refractivity contribution is 0.182. The van der Waals surface area contributed by atoms with Crippen molar-refractivity contribution in [1.29, 1.82) is 0 Å². The van der Waals surface area contributed by atoms with Gasteiger partial charge in [0.25, 0.3) is 0 Å². The molecular formula is C5H8NO2. The summed E-state index contributed by atoms with van der Waals surface area (Å²) in [6, 6.07) is 0. The third-order valence-electron chi connectivity index (χ3n) is 0.462. The first-order chi connectivity index (χ1) is 3.77. The predicted molar refractivity (Wildman–Crippen MR) is 29.8 cm³/mol. The number of nitrogens with two attached hydrogens (primary N) is 1. The van der Waals surface area contributed by atoms with Crippen molar-refractivity contribution >= 4 is 6.09 Å². The smallest absolute Gasteiger partial charge is 0.404 e. The topological polar surface area (TPSA) is 52.3 Å². The Hall–Kier alpha value is -0.990. The Labute approximate surface area is 48.1 Å². The van der Waals surface area contributed by atoms with Gasteiger partial charge in [-0.05, 0) is 0 Å². The van der Waals surface area contributed by atoms with Gasteiger partial charge in [-0.15, -0.1) is 6.58 Å². The van der Waals surface area contributed by atoms with E-state index in [1.807, 2.05) is 0 Å². The van der Waals surface area contributed by atoms with Crippen molar-refractivity contribution in [2.75, 3.05) is 0 Å². The van der Waals surface area contributed by atoms with Crippen LogP contribution in [0.3, 0.4) is 0 Å². The lowest BCUT2D eigenvalue weighted by Crippen LogP contribution is -2.10. The standard InChI is InChI=1S/C5H8NO2/c1-2-3-4-8-5(6)7/h2,4H,1,3H2,(H2,6,7). The van der Waals surface area contributed by atoms with E-state index >= 15 is 0 Å². The lowest BCUT2D eigenvalue weighted by Gasteiger charge is -1.92. The van der Waals surface area contributed by atoms with E-state index in [9.17, 15) is 4.79 Å². The molecule has 0 rings (SSSR count). The Morgan fingerprint density at radius 2 is 2.50 bits per heavy atom. The molecule has 0 aliphatic carbocycles. The highest BCUT2D eigenvalue weighted by atomic mass is 16.5. The number of carbonyl (C=O) groups excluding carboxylic acids is 1. The van der Waals surface area contributed by atoms with Gasteiger partial charge in [-0.2, -0.15) is 0 Å². The number of amides is 1. The number of hydrogen-bond donors (Lipinski definition) is 1. The largest absolute Gasteiger partial charge is 0.442 e. The van der Waals surface area contributed by atoms with E-state index in [-0.39, 0.29) is 0 Å². The number of hydrogen-bond acceptors (Lipinski definition) is 2. The van der Waals surface area contributed by atoms with E-state index in [0.29, 0.717) is 6.42 Å². The van der Waals surface area contributed by atoms with Crippen molar-refractivity contribution in [1.82, 2.24) is 0 Å². The summed E-state index contributed by atoms with van der Waals surface area (Å²) >= 11 is 0. The van der Waals surface area contributed by atoms with Gasteiger partial charge in [-0.25, -0.2) is 4.79 Å². The van der Waals surface area contributed by atoms with Crippen LogP contribution in [0, 0.1) is 6.61 Å². The summed E-state index contributed by atoms with van der Waals surface area (Å²) in [6.07, 6.45) is 1.35. The molecule has 0 aliphatic rings. The maximum atomic E-state index is 9.81. The number of rotatable bonds is 3. The number of primary amides is 1. The van der Waals surface area contributed by atoms with Gasteiger partial charge in [-0.3, -0.25) is 0 Å². The van der Waals surface area contributed by atoms with Gasteiger partial charge < -0.3 is 10.5 Å². The molecule has 8 heavy (non-hydrogen) atoms. The molecule has 45 valence electrons. The van der Waals surface area contributed by atoms with Crippen LogP contribution in [0.15, 0.2) is 12.7 Å². The van der Waals surface area contributed by atoms with Gasteiger partial charge in [0.1, 0.15) is 6.61 Å². The molecule has 1 radical (unpaired) electrons. The van der Waals surface area contributed by atoms with Gasteiger partial charge in [0.15, 0.2) is 0 Å². The third kappa shape index (κ3) is 5.01. The molecule has 0 aromatic heterocycles. The summed E-state index contributed by atoms with van der Waals surface area (Å²) in [5.41, 5.74) is 4.61. The first kappa shape index (κ1) is 7.01. The Kier molecular flexibility index (Phi) is 3.66. The summed E-state index contributed by atoms with van der Waals surface area (Å²) in [4.78, 5) is 9.81. The molecule has 1 amide bonds. The molecule has 3 heteroatoms. The maximum absolute atomic E-state index is 9.81. The van der Waals surface area contributed by atoms with Gasteiger partial charge in [0, 0.05) is 6.42 Å². The molecule has 0 aromatic carbocycles. The molecule has 0 bridgehead atoms. The molecule has 0 spiro atoms. The number of carbonyl (C=O) groups is 1. The molecule has 0 aromatic rings. The molecule has 3 nitrogen and oxygen atoms in total. The van der Waals surface area contributed by atoms with E-state index in [1.54, 1.807) is 6.08 Å². The van der Waals surface area contributed by atoms with Gasteiger partial charge in [0.2, 0.25) is 0 Å². The van der Waals surface area contributed by atoms with Crippen LogP contribution in [0.25, 0.3) is 0 Å². The minimum atomic E-state index is -0.785. The molecule has 0 heterocycles. The van der Waals surface area contributed by atoms with Crippen LogP contribution in [0.2, 0.25) is 0 Å². The summed E-state index contributed by atoms with van der Waals surface area (Å²) in [5.74, 6) is 0. The zero-order valence-electron chi connectivity index (χ0n) is 4.46. The monoisotopic (exact) mass is 114 g/mol. The summed E-state index contributed by atoms with van der Waals surface area (Å²) < 4.78 is 4.22. The fourth-order valence-electron chi connectivity index (χ4n) is 0.198. The van der Waals surface area contributed by atoms with Crippen molar-refractivity contribution in [3.05, 3.63) is 19.3 Å². The molecule has 0 saturated heterocycles. The van der Waals surface area contributed by atoms with Crippen LogP contribution in [0.4, 0.5) is 4.79 Å². The van der Waals surface area contributed by atoms with Crippen molar-refractivity contribution in [3.8, 4) is 0 Å². The van der Waals surface area contributed by atoms with E-state index in [1.165, 1.54) is 6.61 Å². The first-order valence-corrected chi connectivity index (χ1v) is 2.16. The van der Waals surface area contributed by atoms with Crippen LogP contribution in [-0.4, -0.2) is 6.09 Å². The highest BCUT2D eigenvalue weighted by molar-refractivity contribution is 5.64. The Morgan fingerprint density at radius 3 is 2.88 bits per heavy atom. The van der Waals surface area contributed by atoms with Crippen LogP contribution in [-0.2, 0) is 4.74 Å². The fraction of sp³-hybridized carbons (Fsp3) is 0.200. The molecule has 0 saturated carbocycles. The zero-order valence-corrected chi connectivity index (χ0v) is 4.46. The first-order valence-electron chi connectivity index (χ1n) is 2.16. The quantitative estimate of drug-likeness (QED) is 0.436. The van der Waals surface area contributed by atoms with Gasteiger partial charge in [0.05, 0.1) is 0 Å². The molecule has 0 unspecified atom stereocenters. The Morgan fingerprint density at radius 1 is 1.88 bits per heavy atom. The van der Waals surface area contributed by atoms with E-state index < -0.39 is 6.09 Å². The highest BCUT2D eigenvalue weighted by Gasteiger charge is 1.88. The SMILES string of the molecule is C=CC[CH]OC(N)=O. The second kappa shape index (κ2) is 4.18. The van der Waals surface area contributed by atoms with Crippen LogP contribution in [0.1, 0.15) is 6.42 Å². The van der Waals surface area contributed by atoms with E-state index in [2.05, 4.69) is 17.0 Å². The zero-order chi connectivity index (χ0) is 6.41. The van der Waals surface area contributed by atoms with Crippen LogP contribution >= 0.6 is 0 Å². The molecular weight excluding hydrogens is 106 g/mol. The Bertz CT molecular complexity index is 90.4. The molecule has 0 fully saturated rings. The molecule has 2 N–H and O–H groups in total. The molecule has 0 aliphatic heterocycles. The van der Waals surface area contributed by atoms with E-state index in [4.69, 9.17) is 0 Å². The lowest BCUT2D eigenvalue weighted by atomic mass is 10.5. The predicted octanol–water partition coefficient (Wildman–Crippen LogP) is 0.820. The van der Waals surface area contributed by atoms with E-state index in [0.717, 1.165) is 0 Å². The minimum absolute atomic E-state index is 0.531. The minimum Gasteiger partial charge on any atom is -0.442 e. The third-order valence-corrected chi connectivity index (χ3v) is 0.462. The maximum Gasteiger partial charge on any atom is 0.404 e. The summed E-state index contributed by atoms with van der Waals surface area (Å²) in [7, 11) is 0. The average molecular weight is 114 g/mol. The van der Waals surface area contributed by atoms with Crippen molar-refractivity contribution < 1.29 is 9.53 Å². The molecule has 0 atom stereocenters. The second-order valence-corrected chi connectivity index (χ2v) is 1.13. The Balaban J connectivity index is 2.93. The van der Waals surface area contributed by atoms with Crippen LogP contribution in [0.5, 0.6) is 0 Å².